The second kappa shape index (κ2) is 7.13. The summed E-state index contributed by atoms with van der Waals surface area (Å²) < 4.78 is 0. The van der Waals surface area contributed by atoms with Crippen LogP contribution in [0, 0.1) is 0 Å². The average molecular weight is 374 g/mol. The lowest BCUT2D eigenvalue weighted by atomic mass is 9.98. The fourth-order valence-corrected chi connectivity index (χ4v) is 4.34. The normalized spacial score (nSPS) is 20.5. The van der Waals surface area contributed by atoms with E-state index in [4.69, 9.17) is 5.73 Å². The van der Waals surface area contributed by atoms with Crippen molar-refractivity contribution < 1.29 is 0 Å². The molecule has 1 saturated heterocycles. The molecule has 0 radical (unpaired) electrons. The number of likely N-dealkylation sites (N-methyl/N-ethyl adjacent to an activating group) is 1. The zero-order valence-corrected chi connectivity index (χ0v) is 16.2. The van der Waals surface area contributed by atoms with Crippen LogP contribution in [-0.2, 0) is 13.1 Å². The predicted molar refractivity (Wildman–Crippen MR) is 112 cm³/mol. The average Bonchev–Trinajstić information content (AvgIpc) is 3.13. The Morgan fingerprint density at radius 1 is 1.07 bits per heavy atom. The SMILES string of the molecule is CN1CCN(Cc2ccc3nc(N)nc(C4NCc5ccccc54)c3c2)CC1. The zero-order valence-electron chi connectivity index (χ0n) is 16.2. The molecule has 0 aliphatic carbocycles. The van der Waals surface area contributed by atoms with Crippen LogP contribution >= 0.6 is 0 Å². The summed E-state index contributed by atoms with van der Waals surface area (Å²) in [6, 6.07) is 15.1. The van der Waals surface area contributed by atoms with Gasteiger partial charge in [0.15, 0.2) is 0 Å². The minimum Gasteiger partial charge on any atom is -0.368 e. The zero-order chi connectivity index (χ0) is 19.1. The van der Waals surface area contributed by atoms with Gasteiger partial charge in [-0.15, -0.1) is 0 Å². The number of nitrogens with one attached hydrogen (secondary N) is 1. The number of hydrogen-bond donors (Lipinski definition) is 2. The Hall–Kier alpha value is -2.54. The Labute approximate surface area is 165 Å². The van der Waals surface area contributed by atoms with E-state index in [1.807, 2.05) is 0 Å². The highest BCUT2D eigenvalue weighted by molar-refractivity contribution is 5.83. The van der Waals surface area contributed by atoms with E-state index in [-0.39, 0.29) is 6.04 Å². The van der Waals surface area contributed by atoms with Gasteiger partial charge in [-0.2, -0.15) is 0 Å². The highest BCUT2D eigenvalue weighted by Gasteiger charge is 2.26. The molecule has 6 heteroatoms. The number of hydrogen-bond acceptors (Lipinski definition) is 6. The Morgan fingerprint density at radius 2 is 1.89 bits per heavy atom. The molecule has 1 aromatic heterocycles. The highest BCUT2D eigenvalue weighted by atomic mass is 15.2. The number of nitrogens with zero attached hydrogens (tertiary/aromatic N) is 4. The van der Waals surface area contributed by atoms with Crippen LogP contribution in [0.3, 0.4) is 0 Å². The van der Waals surface area contributed by atoms with Crippen LogP contribution in [0.4, 0.5) is 5.95 Å². The van der Waals surface area contributed by atoms with Crippen molar-refractivity contribution in [3.8, 4) is 0 Å². The Morgan fingerprint density at radius 3 is 2.75 bits per heavy atom. The van der Waals surface area contributed by atoms with Crippen molar-refractivity contribution in [2.24, 2.45) is 0 Å². The summed E-state index contributed by atoms with van der Waals surface area (Å²) in [5.41, 5.74) is 11.9. The lowest BCUT2D eigenvalue weighted by Gasteiger charge is -2.32. The first kappa shape index (κ1) is 17.6. The van der Waals surface area contributed by atoms with Crippen LogP contribution < -0.4 is 11.1 Å². The fourth-order valence-electron chi connectivity index (χ4n) is 4.34. The van der Waals surface area contributed by atoms with Crippen LogP contribution in [0.15, 0.2) is 42.5 Å². The van der Waals surface area contributed by atoms with Gasteiger partial charge in [0.2, 0.25) is 5.95 Å². The molecule has 0 amide bonds. The van der Waals surface area contributed by atoms with E-state index in [0.29, 0.717) is 5.95 Å². The molecule has 0 saturated carbocycles. The molecule has 3 N–H and O–H groups in total. The van der Waals surface area contributed by atoms with E-state index in [1.54, 1.807) is 0 Å². The van der Waals surface area contributed by atoms with Gasteiger partial charge in [-0.1, -0.05) is 30.3 Å². The summed E-state index contributed by atoms with van der Waals surface area (Å²) in [4.78, 5) is 14.0. The van der Waals surface area contributed by atoms with Crippen LogP contribution in [0.2, 0.25) is 0 Å². The van der Waals surface area contributed by atoms with Gasteiger partial charge in [-0.25, -0.2) is 9.97 Å². The third-order valence-corrected chi connectivity index (χ3v) is 5.95. The predicted octanol–water partition coefficient (Wildman–Crippen LogP) is 2.15. The first-order chi connectivity index (χ1) is 13.7. The van der Waals surface area contributed by atoms with Crippen molar-refractivity contribution in [3.05, 3.63) is 64.8 Å². The van der Waals surface area contributed by atoms with Gasteiger partial charge in [0.1, 0.15) is 0 Å². The van der Waals surface area contributed by atoms with Crippen LogP contribution in [0.1, 0.15) is 28.4 Å². The van der Waals surface area contributed by atoms with Gasteiger partial charge in [-0.05, 0) is 35.9 Å². The maximum atomic E-state index is 6.05. The Bertz CT molecular complexity index is 1010. The van der Waals surface area contributed by atoms with E-state index in [0.717, 1.165) is 55.9 Å². The van der Waals surface area contributed by atoms with Crippen molar-refractivity contribution in [2.45, 2.75) is 19.1 Å². The standard InChI is InChI=1S/C22H26N6/c1-27-8-10-28(11-9-27)14-15-6-7-19-18(12-15)21(26-22(23)25-19)20-17-5-3-2-4-16(17)13-24-20/h2-7,12,20,24H,8-11,13-14H2,1H3,(H2,23,25,26). The molecule has 1 unspecified atom stereocenters. The molecule has 0 bridgehead atoms. The van der Waals surface area contributed by atoms with Crippen molar-refractivity contribution in [2.75, 3.05) is 39.0 Å². The van der Waals surface area contributed by atoms with E-state index in [2.05, 4.69) is 74.6 Å². The van der Waals surface area contributed by atoms with Crippen LogP contribution in [0.5, 0.6) is 0 Å². The smallest absolute Gasteiger partial charge is 0.220 e. The number of fused-ring (bicyclic) bond motifs is 2. The molecule has 28 heavy (non-hydrogen) atoms. The summed E-state index contributed by atoms with van der Waals surface area (Å²) in [6.07, 6.45) is 0. The van der Waals surface area contributed by atoms with E-state index >= 15 is 0 Å². The summed E-state index contributed by atoms with van der Waals surface area (Å²) in [6.45, 7) is 6.28. The number of anilines is 1. The first-order valence-corrected chi connectivity index (χ1v) is 9.95. The van der Waals surface area contributed by atoms with Crippen molar-refractivity contribution in [1.82, 2.24) is 25.1 Å². The van der Waals surface area contributed by atoms with E-state index in [1.165, 1.54) is 16.7 Å². The molecule has 144 valence electrons. The molecule has 0 spiro atoms. The molecule has 3 heterocycles. The summed E-state index contributed by atoms with van der Waals surface area (Å²) in [5.74, 6) is 0.334. The van der Waals surface area contributed by atoms with Gasteiger partial charge in [0, 0.05) is 44.7 Å². The van der Waals surface area contributed by atoms with E-state index < -0.39 is 0 Å². The molecular formula is C22H26N6. The molecule has 2 aliphatic rings. The number of piperazine rings is 1. The monoisotopic (exact) mass is 374 g/mol. The minimum atomic E-state index is 0.0582. The molecule has 2 aromatic carbocycles. The maximum Gasteiger partial charge on any atom is 0.220 e. The first-order valence-electron chi connectivity index (χ1n) is 9.95. The van der Waals surface area contributed by atoms with Crippen molar-refractivity contribution in [3.63, 3.8) is 0 Å². The van der Waals surface area contributed by atoms with Gasteiger partial charge >= 0.3 is 0 Å². The number of nitrogens with two attached hydrogens (primary N) is 1. The third-order valence-electron chi connectivity index (χ3n) is 5.95. The number of nitrogen functional groups attached to an aromatic ring is 1. The molecule has 1 atom stereocenters. The molecule has 6 nitrogen and oxygen atoms in total. The summed E-state index contributed by atoms with van der Waals surface area (Å²) in [7, 11) is 2.19. The Kier molecular flexibility index (Phi) is 4.47. The number of aromatic nitrogens is 2. The number of benzene rings is 2. The largest absolute Gasteiger partial charge is 0.368 e. The molecule has 2 aliphatic heterocycles. The quantitative estimate of drug-likeness (QED) is 0.732. The van der Waals surface area contributed by atoms with Gasteiger partial charge < -0.3 is 16.0 Å². The summed E-state index contributed by atoms with van der Waals surface area (Å²) >= 11 is 0. The molecule has 1 fully saturated rings. The van der Waals surface area contributed by atoms with Gasteiger partial charge in [0.25, 0.3) is 0 Å². The van der Waals surface area contributed by atoms with Crippen molar-refractivity contribution >= 4 is 16.9 Å². The molecule has 3 aromatic rings. The Balaban J connectivity index is 1.52. The topological polar surface area (TPSA) is 70.3 Å². The minimum absolute atomic E-state index is 0.0582. The third kappa shape index (κ3) is 3.24. The van der Waals surface area contributed by atoms with E-state index in [9.17, 15) is 0 Å². The van der Waals surface area contributed by atoms with Gasteiger partial charge in [0.05, 0.1) is 17.3 Å². The lowest BCUT2D eigenvalue weighted by molar-refractivity contribution is 0.148. The summed E-state index contributed by atoms with van der Waals surface area (Å²) in [5, 5.41) is 4.69. The molecule has 5 rings (SSSR count). The van der Waals surface area contributed by atoms with Gasteiger partial charge in [-0.3, -0.25) is 4.90 Å². The highest BCUT2D eigenvalue weighted by Crippen LogP contribution is 2.34. The van der Waals surface area contributed by atoms with Crippen LogP contribution in [0.25, 0.3) is 10.9 Å². The lowest BCUT2D eigenvalue weighted by Crippen LogP contribution is -2.43. The second-order valence-electron chi connectivity index (χ2n) is 7.91. The molecular weight excluding hydrogens is 348 g/mol. The maximum absolute atomic E-state index is 6.05. The van der Waals surface area contributed by atoms with Crippen molar-refractivity contribution in [1.29, 1.82) is 0 Å². The second-order valence-corrected chi connectivity index (χ2v) is 7.91. The van der Waals surface area contributed by atoms with Crippen LogP contribution in [-0.4, -0.2) is 53.0 Å². The fraction of sp³-hybridized carbons (Fsp3) is 0.364. The number of rotatable bonds is 3.